The standard InChI is InChI=1S/C18H19N3O4/c1-12(22)13-3-5-15(6-4-13)21-18(24)16-11-14(7-8-19-16)17(23)20-9-10-25-2/h3-8,11H,9-10H2,1-2H3,(H,20,23)(H,21,24). The van der Waals surface area contributed by atoms with Gasteiger partial charge in [0.15, 0.2) is 5.78 Å². The zero-order valence-corrected chi connectivity index (χ0v) is 14.0. The van der Waals surface area contributed by atoms with Crippen molar-refractivity contribution in [3.63, 3.8) is 0 Å². The van der Waals surface area contributed by atoms with Gasteiger partial charge in [-0.05, 0) is 43.3 Å². The Morgan fingerprint density at radius 2 is 1.76 bits per heavy atom. The smallest absolute Gasteiger partial charge is 0.274 e. The predicted molar refractivity (Wildman–Crippen MR) is 92.8 cm³/mol. The van der Waals surface area contributed by atoms with E-state index < -0.39 is 5.91 Å². The SMILES string of the molecule is COCCNC(=O)c1ccnc(C(=O)Nc2ccc(C(C)=O)cc2)c1. The van der Waals surface area contributed by atoms with Crippen molar-refractivity contribution in [2.24, 2.45) is 0 Å². The molecule has 7 heteroatoms. The molecule has 0 unspecified atom stereocenters. The van der Waals surface area contributed by atoms with Crippen LogP contribution in [0, 0.1) is 0 Å². The highest BCUT2D eigenvalue weighted by molar-refractivity contribution is 6.05. The number of carbonyl (C=O) groups is 3. The van der Waals surface area contributed by atoms with E-state index in [1.54, 1.807) is 31.4 Å². The molecule has 25 heavy (non-hydrogen) atoms. The van der Waals surface area contributed by atoms with Gasteiger partial charge in [-0.15, -0.1) is 0 Å². The predicted octanol–water partition coefficient (Wildman–Crippen LogP) is 1.91. The third-order valence-corrected chi connectivity index (χ3v) is 3.40. The normalized spacial score (nSPS) is 10.2. The Hall–Kier alpha value is -3.06. The van der Waals surface area contributed by atoms with Gasteiger partial charge in [-0.25, -0.2) is 0 Å². The van der Waals surface area contributed by atoms with E-state index in [4.69, 9.17) is 4.74 Å². The van der Waals surface area contributed by atoms with Crippen molar-refractivity contribution in [2.45, 2.75) is 6.92 Å². The van der Waals surface area contributed by atoms with E-state index in [1.807, 2.05) is 0 Å². The number of hydrogen-bond acceptors (Lipinski definition) is 5. The van der Waals surface area contributed by atoms with Gasteiger partial charge in [-0.3, -0.25) is 19.4 Å². The van der Waals surface area contributed by atoms with E-state index in [1.165, 1.54) is 25.3 Å². The lowest BCUT2D eigenvalue weighted by molar-refractivity contribution is 0.0936. The second-order valence-corrected chi connectivity index (χ2v) is 5.27. The maximum Gasteiger partial charge on any atom is 0.274 e. The van der Waals surface area contributed by atoms with E-state index >= 15 is 0 Å². The lowest BCUT2D eigenvalue weighted by Gasteiger charge is -2.07. The number of benzene rings is 1. The van der Waals surface area contributed by atoms with E-state index in [0.717, 1.165) is 0 Å². The number of nitrogens with one attached hydrogen (secondary N) is 2. The van der Waals surface area contributed by atoms with Crippen LogP contribution in [0.4, 0.5) is 5.69 Å². The Labute approximate surface area is 145 Å². The molecule has 0 aliphatic heterocycles. The van der Waals surface area contributed by atoms with Gasteiger partial charge in [-0.1, -0.05) is 0 Å². The first-order valence-electron chi connectivity index (χ1n) is 7.67. The van der Waals surface area contributed by atoms with Crippen LogP contribution in [0.3, 0.4) is 0 Å². The minimum atomic E-state index is -0.442. The summed E-state index contributed by atoms with van der Waals surface area (Å²) in [5.74, 6) is -0.798. The molecule has 0 fully saturated rings. The first-order chi connectivity index (χ1) is 12.0. The summed E-state index contributed by atoms with van der Waals surface area (Å²) in [6, 6.07) is 9.48. The molecule has 7 nitrogen and oxygen atoms in total. The maximum absolute atomic E-state index is 12.3. The molecular formula is C18H19N3O4. The van der Waals surface area contributed by atoms with Gasteiger partial charge in [-0.2, -0.15) is 0 Å². The molecule has 0 aliphatic carbocycles. The Morgan fingerprint density at radius 3 is 2.40 bits per heavy atom. The zero-order chi connectivity index (χ0) is 18.2. The molecule has 0 saturated heterocycles. The fourth-order valence-electron chi connectivity index (χ4n) is 2.05. The maximum atomic E-state index is 12.3. The van der Waals surface area contributed by atoms with Crippen molar-refractivity contribution in [1.82, 2.24) is 10.3 Å². The monoisotopic (exact) mass is 341 g/mol. The van der Waals surface area contributed by atoms with Crippen LogP contribution in [0.25, 0.3) is 0 Å². The molecule has 1 heterocycles. The number of nitrogens with zero attached hydrogens (tertiary/aromatic N) is 1. The lowest BCUT2D eigenvalue weighted by Crippen LogP contribution is -2.27. The summed E-state index contributed by atoms with van der Waals surface area (Å²) in [5.41, 5.74) is 1.55. The highest BCUT2D eigenvalue weighted by Gasteiger charge is 2.12. The number of ketones is 1. The summed E-state index contributed by atoms with van der Waals surface area (Å²) in [5, 5.41) is 5.36. The summed E-state index contributed by atoms with van der Waals surface area (Å²) in [4.78, 5) is 39.5. The van der Waals surface area contributed by atoms with Gasteiger partial charge in [0.05, 0.1) is 6.61 Å². The average Bonchev–Trinajstić information content (AvgIpc) is 2.62. The van der Waals surface area contributed by atoms with Crippen LogP contribution < -0.4 is 10.6 Å². The topological polar surface area (TPSA) is 97.4 Å². The quantitative estimate of drug-likeness (QED) is 0.592. The molecule has 0 aliphatic rings. The number of pyridine rings is 1. The van der Waals surface area contributed by atoms with Crippen molar-refractivity contribution in [1.29, 1.82) is 0 Å². The van der Waals surface area contributed by atoms with Crippen molar-refractivity contribution < 1.29 is 19.1 Å². The summed E-state index contributed by atoms with van der Waals surface area (Å²) in [7, 11) is 1.55. The number of aromatic nitrogens is 1. The Bertz CT molecular complexity index is 772. The van der Waals surface area contributed by atoms with Crippen molar-refractivity contribution in [2.75, 3.05) is 25.6 Å². The molecule has 1 aromatic carbocycles. The molecule has 2 N–H and O–H groups in total. The van der Waals surface area contributed by atoms with E-state index in [0.29, 0.717) is 30.0 Å². The summed E-state index contributed by atoms with van der Waals surface area (Å²) in [6.07, 6.45) is 1.40. The molecule has 1 aromatic heterocycles. The number of methoxy groups -OCH3 is 1. The lowest BCUT2D eigenvalue weighted by atomic mass is 10.1. The fraction of sp³-hybridized carbons (Fsp3) is 0.222. The van der Waals surface area contributed by atoms with Crippen LogP contribution >= 0.6 is 0 Å². The van der Waals surface area contributed by atoms with Crippen LogP contribution in [-0.2, 0) is 4.74 Å². The minimum absolute atomic E-state index is 0.0493. The largest absolute Gasteiger partial charge is 0.383 e. The molecule has 0 bridgehead atoms. The number of Topliss-reactive ketones (excluding diaryl/α,β-unsaturated/α-hetero) is 1. The molecule has 2 rings (SSSR count). The number of ether oxygens (including phenoxy) is 1. The molecular weight excluding hydrogens is 322 g/mol. The highest BCUT2D eigenvalue weighted by atomic mass is 16.5. The first kappa shape index (κ1) is 18.3. The number of carbonyl (C=O) groups excluding carboxylic acids is 3. The second-order valence-electron chi connectivity index (χ2n) is 5.27. The van der Waals surface area contributed by atoms with Crippen LogP contribution in [0.15, 0.2) is 42.6 Å². The van der Waals surface area contributed by atoms with Gasteiger partial charge in [0, 0.05) is 36.7 Å². The average molecular weight is 341 g/mol. The first-order valence-corrected chi connectivity index (χ1v) is 7.67. The highest BCUT2D eigenvalue weighted by Crippen LogP contribution is 2.12. The number of anilines is 1. The summed E-state index contributed by atoms with van der Waals surface area (Å²) >= 11 is 0. The number of amides is 2. The molecule has 2 amide bonds. The second kappa shape index (κ2) is 8.70. The van der Waals surface area contributed by atoms with Crippen LogP contribution in [0.2, 0.25) is 0 Å². The molecule has 0 saturated carbocycles. The third-order valence-electron chi connectivity index (χ3n) is 3.40. The van der Waals surface area contributed by atoms with E-state index in [2.05, 4.69) is 15.6 Å². The minimum Gasteiger partial charge on any atom is -0.383 e. The van der Waals surface area contributed by atoms with Gasteiger partial charge in [0.1, 0.15) is 5.69 Å². The Balaban J connectivity index is 2.05. The fourth-order valence-corrected chi connectivity index (χ4v) is 2.05. The Kier molecular flexibility index (Phi) is 6.36. The molecule has 0 atom stereocenters. The van der Waals surface area contributed by atoms with Gasteiger partial charge >= 0.3 is 0 Å². The third kappa shape index (κ3) is 5.22. The van der Waals surface area contributed by atoms with Crippen molar-refractivity contribution in [3.8, 4) is 0 Å². The zero-order valence-electron chi connectivity index (χ0n) is 14.0. The van der Waals surface area contributed by atoms with Crippen molar-refractivity contribution >= 4 is 23.3 Å². The molecule has 2 aromatic rings. The van der Waals surface area contributed by atoms with Gasteiger partial charge in [0.2, 0.25) is 0 Å². The molecule has 0 spiro atoms. The van der Waals surface area contributed by atoms with E-state index in [9.17, 15) is 14.4 Å². The van der Waals surface area contributed by atoms with Crippen LogP contribution in [0.1, 0.15) is 38.1 Å². The van der Waals surface area contributed by atoms with Gasteiger partial charge in [0.25, 0.3) is 11.8 Å². The summed E-state index contributed by atoms with van der Waals surface area (Å²) < 4.78 is 4.87. The summed E-state index contributed by atoms with van der Waals surface area (Å²) in [6.45, 7) is 2.25. The van der Waals surface area contributed by atoms with Crippen LogP contribution in [-0.4, -0.2) is 42.8 Å². The van der Waals surface area contributed by atoms with E-state index in [-0.39, 0.29) is 17.4 Å². The van der Waals surface area contributed by atoms with Crippen LogP contribution in [0.5, 0.6) is 0 Å². The van der Waals surface area contributed by atoms with Gasteiger partial charge < -0.3 is 15.4 Å². The molecule has 130 valence electrons. The number of hydrogen-bond donors (Lipinski definition) is 2. The Morgan fingerprint density at radius 1 is 1.04 bits per heavy atom. The van der Waals surface area contributed by atoms with Crippen molar-refractivity contribution in [3.05, 3.63) is 59.4 Å². The molecule has 0 radical (unpaired) electrons. The number of rotatable bonds is 7.